The zero-order valence-electron chi connectivity index (χ0n) is 20.4. The summed E-state index contributed by atoms with van der Waals surface area (Å²) in [6.07, 6.45) is 13.0. The molecule has 0 atom stereocenters. The van der Waals surface area contributed by atoms with Crippen LogP contribution in [0.5, 0.6) is 0 Å². The zero-order chi connectivity index (χ0) is 23.0. The van der Waals surface area contributed by atoms with Gasteiger partial charge in [-0.25, -0.2) is 0 Å². The standard InChI is InChI=1S/C27H44F2O4/c1-2-4-20-15-30-27(31-16-20)24-17-32-26(33-18-24)23-13-11-22(12-14-23)21-9-7-19(8-10-21)5-3-6-25(28)29/h6,19-24,26-27H,2-5,7-18H2,1H3. The predicted molar refractivity (Wildman–Crippen MR) is 124 cm³/mol. The summed E-state index contributed by atoms with van der Waals surface area (Å²) in [5.41, 5.74) is 0. The first-order valence-electron chi connectivity index (χ1n) is 13.6. The summed E-state index contributed by atoms with van der Waals surface area (Å²) >= 11 is 0. The Balaban J connectivity index is 1.11. The highest BCUT2D eigenvalue weighted by molar-refractivity contribution is 4.86. The van der Waals surface area contributed by atoms with Crippen LogP contribution in [-0.4, -0.2) is 39.0 Å². The maximum absolute atomic E-state index is 12.2. The molecule has 2 aliphatic carbocycles. The van der Waals surface area contributed by atoms with Crippen LogP contribution >= 0.6 is 0 Å². The van der Waals surface area contributed by atoms with E-state index in [0.717, 1.165) is 44.0 Å². The van der Waals surface area contributed by atoms with Gasteiger partial charge in [-0.05, 0) is 81.6 Å². The monoisotopic (exact) mass is 470 g/mol. The average Bonchev–Trinajstić information content (AvgIpc) is 2.85. The highest BCUT2D eigenvalue weighted by Crippen LogP contribution is 2.43. The van der Waals surface area contributed by atoms with Crippen molar-refractivity contribution < 1.29 is 27.7 Å². The van der Waals surface area contributed by atoms with Crippen LogP contribution in [0.1, 0.15) is 84.0 Å². The molecular weight excluding hydrogens is 426 g/mol. The van der Waals surface area contributed by atoms with Crippen molar-refractivity contribution in [3.05, 3.63) is 12.2 Å². The first-order valence-corrected chi connectivity index (χ1v) is 13.6. The Labute approximate surface area is 198 Å². The van der Waals surface area contributed by atoms with E-state index < -0.39 is 6.08 Å². The summed E-state index contributed by atoms with van der Waals surface area (Å²) in [6, 6.07) is 0. The molecule has 4 aliphatic rings. The van der Waals surface area contributed by atoms with Gasteiger partial charge in [0.2, 0.25) is 0 Å². The molecule has 2 saturated carbocycles. The maximum atomic E-state index is 12.2. The van der Waals surface area contributed by atoms with Crippen molar-refractivity contribution >= 4 is 0 Å². The van der Waals surface area contributed by atoms with Crippen molar-refractivity contribution in [1.29, 1.82) is 0 Å². The Kier molecular flexibility index (Phi) is 10.0. The van der Waals surface area contributed by atoms with Crippen LogP contribution in [-0.2, 0) is 18.9 Å². The largest absolute Gasteiger partial charge is 0.352 e. The number of hydrogen-bond acceptors (Lipinski definition) is 4. The third-order valence-electron chi connectivity index (χ3n) is 8.66. The highest BCUT2D eigenvalue weighted by Gasteiger charge is 2.38. The van der Waals surface area contributed by atoms with Crippen LogP contribution < -0.4 is 0 Å². The minimum Gasteiger partial charge on any atom is -0.352 e. The molecule has 0 aromatic carbocycles. The van der Waals surface area contributed by atoms with Crippen molar-refractivity contribution in [2.24, 2.45) is 35.5 Å². The minimum absolute atomic E-state index is 0.0710. The first-order chi connectivity index (χ1) is 16.1. The second kappa shape index (κ2) is 12.9. The average molecular weight is 471 g/mol. The minimum atomic E-state index is -1.53. The smallest absolute Gasteiger partial charge is 0.266 e. The van der Waals surface area contributed by atoms with Crippen LogP contribution in [0.15, 0.2) is 12.2 Å². The molecule has 0 bridgehead atoms. The van der Waals surface area contributed by atoms with Gasteiger partial charge in [-0.1, -0.05) is 26.2 Å². The number of rotatable bonds is 8. The summed E-state index contributed by atoms with van der Waals surface area (Å²) in [5, 5.41) is 0. The topological polar surface area (TPSA) is 36.9 Å². The van der Waals surface area contributed by atoms with Gasteiger partial charge in [-0.3, -0.25) is 0 Å². The maximum Gasteiger partial charge on any atom is 0.266 e. The molecule has 0 aromatic heterocycles. The molecule has 2 heterocycles. The van der Waals surface area contributed by atoms with Gasteiger partial charge in [-0.15, -0.1) is 0 Å². The molecule has 33 heavy (non-hydrogen) atoms. The molecule has 4 nitrogen and oxygen atoms in total. The van der Waals surface area contributed by atoms with Crippen LogP contribution in [0, 0.1) is 35.5 Å². The lowest BCUT2D eigenvalue weighted by atomic mass is 9.68. The number of ether oxygens (including phenoxy) is 4. The molecule has 0 spiro atoms. The third-order valence-corrected chi connectivity index (χ3v) is 8.66. The molecule has 190 valence electrons. The quantitative estimate of drug-likeness (QED) is 0.385. The van der Waals surface area contributed by atoms with E-state index in [1.165, 1.54) is 57.8 Å². The summed E-state index contributed by atoms with van der Waals surface area (Å²) in [6.45, 7) is 5.11. The lowest BCUT2D eigenvalue weighted by Gasteiger charge is -2.42. The molecule has 2 aliphatic heterocycles. The molecule has 0 unspecified atom stereocenters. The van der Waals surface area contributed by atoms with Gasteiger partial charge in [0.15, 0.2) is 12.6 Å². The van der Waals surface area contributed by atoms with E-state index in [9.17, 15) is 8.78 Å². The van der Waals surface area contributed by atoms with Gasteiger partial charge in [0.25, 0.3) is 6.08 Å². The molecule has 6 heteroatoms. The highest BCUT2D eigenvalue weighted by atomic mass is 19.3. The van der Waals surface area contributed by atoms with E-state index in [2.05, 4.69) is 6.92 Å². The number of halogens is 2. The van der Waals surface area contributed by atoms with Crippen molar-refractivity contribution in [3.8, 4) is 0 Å². The summed E-state index contributed by atoms with van der Waals surface area (Å²) in [4.78, 5) is 0. The molecule has 0 radical (unpaired) electrons. The van der Waals surface area contributed by atoms with E-state index in [0.29, 0.717) is 37.4 Å². The lowest BCUT2D eigenvalue weighted by Crippen LogP contribution is -2.46. The van der Waals surface area contributed by atoms with Crippen LogP contribution in [0.3, 0.4) is 0 Å². The molecule has 4 fully saturated rings. The van der Waals surface area contributed by atoms with E-state index in [1.807, 2.05) is 0 Å². The van der Waals surface area contributed by atoms with Crippen LogP contribution in [0.2, 0.25) is 0 Å². The molecule has 2 saturated heterocycles. The SMILES string of the molecule is CCCC1COC(C2COC(C3CCC(C4CCC(CCC=C(F)F)CC4)CC3)OC2)OC1. The molecule has 0 amide bonds. The fourth-order valence-electron chi connectivity index (χ4n) is 6.63. The number of allylic oxidation sites excluding steroid dienone is 1. The summed E-state index contributed by atoms with van der Waals surface area (Å²) in [5.74, 6) is 3.49. The fraction of sp³-hybridized carbons (Fsp3) is 0.926. The Bertz CT molecular complexity index is 579. The second-order valence-corrected chi connectivity index (χ2v) is 11.0. The predicted octanol–water partition coefficient (Wildman–Crippen LogP) is 6.94. The Morgan fingerprint density at radius 3 is 1.73 bits per heavy atom. The Hall–Kier alpha value is -0.560. The van der Waals surface area contributed by atoms with E-state index >= 15 is 0 Å². The number of hydrogen-bond donors (Lipinski definition) is 0. The molecule has 0 aromatic rings. The van der Waals surface area contributed by atoms with Gasteiger partial charge in [-0.2, -0.15) is 8.78 Å². The van der Waals surface area contributed by atoms with Gasteiger partial charge < -0.3 is 18.9 Å². The van der Waals surface area contributed by atoms with Crippen molar-refractivity contribution in [2.45, 2.75) is 96.6 Å². The molecule has 0 N–H and O–H groups in total. The Morgan fingerprint density at radius 2 is 1.15 bits per heavy atom. The van der Waals surface area contributed by atoms with Crippen LogP contribution in [0.4, 0.5) is 8.78 Å². The van der Waals surface area contributed by atoms with Crippen molar-refractivity contribution in [3.63, 3.8) is 0 Å². The molecule has 4 rings (SSSR count). The fourth-order valence-corrected chi connectivity index (χ4v) is 6.63. The van der Waals surface area contributed by atoms with Gasteiger partial charge in [0.1, 0.15) is 0 Å². The van der Waals surface area contributed by atoms with Gasteiger partial charge in [0, 0.05) is 11.8 Å². The molecular formula is C27H44F2O4. The van der Waals surface area contributed by atoms with E-state index in [1.54, 1.807) is 0 Å². The van der Waals surface area contributed by atoms with E-state index in [4.69, 9.17) is 18.9 Å². The lowest BCUT2D eigenvalue weighted by molar-refractivity contribution is -0.291. The summed E-state index contributed by atoms with van der Waals surface area (Å²) in [7, 11) is 0. The van der Waals surface area contributed by atoms with Gasteiger partial charge >= 0.3 is 0 Å². The third kappa shape index (κ3) is 7.46. The summed E-state index contributed by atoms with van der Waals surface area (Å²) < 4.78 is 48.7. The van der Waals surface area contributed by atoms with Crippen LogP contribution in [0.25, 0.3) is 0 Å². The zero-order valence-corrected chi connectivity index (χ0v) is 20.4. The second-order valence-electron chi connectivity index (χ2n) is 11.0. The van der Waals surface area contributed by atoms with Crippen molar-refractivity contribution in [2.75, 3.05) is 26.4 Å². The first kappa shape index (κ1) is 25.5. The Morgan fingerprint density at radius 1 is 0.636 bits per heavy atom. The van der Waals surface area contributed by atoms with Crippen molar-refractivity contribution in [1.82, 2.24) is 0 Å². The van der Waals surface area contributed by atoms with Gasteiger partial charge in [0.05, 0.1) is 32.3 Å². The van der Waals surface area contributed by atoms with E-state index in [-0.39, 0.29) is 18.5 Å². The normalized spacial score (nSPS) is 40.3.